The van der Waals surface area contributed by atoms with Crippen molar-refractivity contribution in [3.8, 4) is 0 Å². The van der Waals surface area contributed by atoms with Crippen molar-refractivity contribution < 1.29 is 14.4 Å². The van der Waals surface area contributed by atoms with Crippen LogP contribution >= 0.6 is 0 Å². The molecule has 1 aliphatic rings. The van der Waals surface area contributed by atoms with Crippen LogP contribution in [0.2, 0.25) is 0 Å². The van der Waals surface area contributed by atoms with E-state index in [0.717, 1.165) is 11.3 Å². The number of hydrogen-bond acceptors (Lipinski definition) is 4. The van der Waals surface area contributed by atoms with Gasteiger partial charge in [-0.3, -0.25) is 19.4 Å². The smallest absolute Gasteiger partial charge is 0.310 e. The highest BCUT2D eigenvalue weighted by Crippen LogP contribution is 2.35. The fourth-order valence-corrected chi connectivity index (χ4v) is 2.81. The summed E-state index contributed by atoms with van der Waals surface area (Å²) in [6.45, 7) is 2.55. The number of rotatable bonds is 4. The van der Waals surface area contributed by atoms with E-state index in [2.05, 4.69) is 15.6 Å². The standard InChI is InChI=1S/C18H18N4O3/c1-2-22-14-8-4-3-7-13(14)15(18(22)25)21-17(24)16(23)20-11-12-6-5-9-19-10-12/h3-10,15H,2,11H2,1H3,(H,20,23)(H,21,24)/t15-/m0/s1. The summed E-state index contributed by atoms with van der Waals surface area (Å²) in [6, 6.07) is 9.93. The van der Waals surface area contributed by atoms with E-state index in [1.54, 1.807) is 41.6 Å². The second-order valence-corrected chi connectivity index (χ2v) is 5.59. The molecule has 1 aromatic carbocycles. The Balaban J connectivity index is 1.66. The molecular weight excluding hydrogens is 320 g/mol. The molecule has 128 valence electrons. The molecule has 7 nitrogen and oxygen atoms in total. The molecule has 3 rings (SSSR count). The van der Waals surface area contributed by atoms with Crippen LogP contribution in [0.25, 0.3) is 0 Å². The zero-order valence-corrected chi connectivity index (χ0v) is 13.7. The second kappa shape index (κ2) is 7.12. The lowest BCUT2D eigenvalue weighted by molar-refractivity contribution is -0.140. The molecule has 2 heterocycles. The number of fused-ring (bicyclic) bond motifs is 1. The Kier molecular flexibility index (Phi) is 4.74. The van der Waals surface area contributed by atoms with Crippen LogP contribution in [0.5, 0.6) is 0 Å². The summed E-state index contributed by atoms with van der Waals surface area (Å²) in [7, 11) is 0. The summed E-state index contributed by atoms with van der Waals surface area (Å²) in [5.41, 5.74) is 2.24. The van der Waals surface area contributed by atoms with Gasteiger partial charge in [0.05, 0.1) is 0 Å². The molecule has 0 aliphatic carbocycles. The minimum absolute atomic E-state index is 0.191. The van der Waals surface area contributed by atoms with Gasteiger partial charge in [0, 0.05) is 36.7 Å². The maximum atomic E-state index is 12.5. The predicted molar refractivity (Wildman–Crippen MR) is 91.4 cm³/mol. The number of likely N-dealkylation sites (N-methyl/N-ethyl adjacent to an activating group) is 1. The average Bonchev–Trinajstić information content (AvgIpc) is 2.91. The summed E-state index contributed by atoms with van der Waals surface area (Å²) >= 11 is 0. The van der Waals surface area contributed by atoms with Crippen LogP contribution in [0, 0.1) is 0 Å². The van der Waals surface area contributed by atoms with Gasteiger partial charge in [0.2, 0.25) is 0 Å². The maximum absolute atomic E-state index is 12.5. The Bertz CT molecular complexity index is 807. The van der Waals surface area contributed by atoms with Crippen molar-refractivity contribution in [1.29, 1.82) is 0 Å². The van der Waals surface area contributed by atoms with Gasteiger partial charge >= 0.3 is 11.8 Å². The SMILES string of the molecule is CCN1C(=O)[C@@H](NC(=O)C(=O)NCc2cccnc2)c2ccccc21. The largest absolute Gasteiger partial charge is 0.344 e. The number of amides is 3. The van der Waals surface area contributed by atoms with Gasteiger partial charge in [-0.05, 0) is 24.6 Å². The Hall–Kier alpha value is -3.22. The molecule has 0 saturated heterocycles. The third kappa shape index (κ3) is 3.35. The molecule has 0 saturated carbocycles. The zero-order chi connectivity index (χ0) is 17.8. The molecule has 25 heavy (non-hydrogen) atoms. The van der Waals surface area contributed by atoms with Crippen LogP contribution < -0.4 is 15.5 Å². The van der Waals surface area contributed by atoms with Crippen molar-refractivity contribution in [3.63, 3.8) is 0 Å². The number of aromatic nitrogens is 1. The highest BCUT2D eigenvalue weighted by Gasteiger charge is 2.37. The van der Waals surface area contributed by atoms with Gasteiger partial charge in [0.25, 0.3) is 5.91 Å². The predicted octanol–water partition coefficient (Wildman–Crippen LogP) is 0.922. The number of hydrogen-bond donors (Lipinski definition) is 2. The summed E-state index contributed by atoms with van der Waals surface area (Å²) in [6.07, 6.45) is 3.23. The van der Waals surface area contributed by atoms with E-state index >= 15 is 0 Å². The Morgan fingerprint density at radius 1 is 1.16 bits per heavy atom. The van der Waals surface area contributed by atoms with Gasteiger partial charge in [-0.25, -0.2) is 0 Å². The van der Waals surface area contributed by atoms with Crippen LogP contribution in [0.15, 0.2) is 48.8 Å². The number of anilines is 1. The first kappa shape index (κ1) is 16.6. The van der Waals surface area contributed by atoms with E-state index in [-0.39, 0.29) is 12.5 Å². The van der Waals surface area contributed by atoms with E-state index in [9.17, 15) is 14.4 Å². The number of nitrogens with one attached hydrogen (secondary N) is 2. The first-order valence-electron chi connectivity index (χ1n) is 7.99. The van der Waals surface area contributed by atoms with E-state index in [1.165, 1.54) is 0 Å². The van der Waals surface area contributed by atoms with Crippen molar-refractivity contribution in [1.82, 2.24) is 15.6 Å². The Morgan fingerprint density at radius 3 is 2.68 bits per heavy atom. The highest BCUT2D eigenvalue weighted by molar-refractivity contribution is 6.35. The average molecular weight is 338 g/mol. The number of para-hydroxylation sites is 1. The third-order valence-electron chi connectivity index (χ3n) is 4.03. The maximum Gasteiger partial charge on any atom is 0.310 e. The fraction of sp³-hybridized carbons (Fsp3) is 0.222. The zero-order valence-electron chi connectivity index (χ0n) is 13.7. The molecule has 0 spiro atoms. The van der Waals surface area contributed by atoms with E-state index in [1.807, 2.05) is 19.1 Å². The minimum Gasteiger partial charge on any atom is -0.344 e. The molecule has 1 aliphatic heterocycles. The molecule has 0 radical (unpaired) electrons. The topological polar surface area (TPSA) is 91.4 Å². The van der Waals surface area contributed by atoms with Crippen LogP contribution in [0.1, 0.15) is 24.1 Å². The monoisotopic (exact) mass is 338 g/mol. The van der Waals surface area contributed by atoms with E-state index < -0.39 is 17.9 Å². The molecular formula is C18H18N4O3. The molecule has 1 atom stereocenters. The van der Waals surface area contributed by atoms with Crippen LogP contribution in [-0.4, -0.2) is 29.3 Å². The molecule has 2 aromatic rings. The van der Waals surface area contributed by atoms with E-state index in [0.29, 0.717) is 12.1 Å². The lowest BCUT2D eigenvalue weighted by Gasteiger charge is -2.15. The normalized spacial score (nSPS) is 15.6. The van der Waals surface area contributed by atoms with Crippen LogP contribution in [0.4, 0.5) is 5.69 Å². The van der Waals surface area contributed by atoms with Gasteiger partial charge < -0.3 is 15.5 Å². The van der Waals surface area contributed by atoms with Gasteiger partial charge in [-0.15, -0.1) is 0 Å². The second-order valence-electron chi connectivity index (χ2n) is 5.59. The van der Waals surface area contributed by atoms with Crippen molar-refractivity contribution in [2.45, 2.75) is 19.5 Å². The number of carbonyl (C=O) groups is 3. The molecule has 0 unspecified atom stereocenters. The highest BCUT2D eigenvalue weighted by atomic mass is 16.2. The quantitative estimate of drug-likeness (QED) is 0.811. The van der Waals surface area contributed by atoms with Crippen LogP contribution in [0.3, 0.4) is 0 Å². The Morgan fingerprint density at radius 2 is 1.96 bits per heavy atom. The number of nitrogens with zero attached hydrogens (tertiary/aromatic N) is 2. The number of benzene rings is 1. The lowest BCUT2D eigenvalue weighted by atomic mass is 10.1. The van der Waals surface area contributed by atoms with Crippen molar-refractivity contribution in [2.24, 2.45) is 0 Å². The molecule has 1 aromatic heterocycles. The van der Waals surface area contributed by atoms with Gasteiger partial charge in [0.1, 0.15) is 6.04 Å². The molecule has 2 N–H and O–H groups in total. The van der Waals surface area contributed by atoms with Crippen molar-refractivity contribution in [3.05, 3.63) is 59.9 Å². The Labute approximate surface area is 145 Å². The third-order valence-corrected chi connectivity index (χ3v) is 4.03. The van der Waals surface area contributed by atoms with Gasteiger partial charge in [0.15, 0.2) is 0 Å². The van der Waals surface area contributed by atoms with Gasteiger partial charge in [-0.2, -0.15) is 0 Å². The first-order valence-corrected chi connectivity index (χ1v) is 7.99. The minimum atomic E-state index is -0.840. The summed E-state index contributed by atoms with van der Waals surface area (Å²) in [5, 5.41) is 5.05. The summed E-state index contributed by atoms with van der Waals surface area (Å²) in [4.78, 5) is 42.2. The molecule has 7 heteroatoms. The lowest BCUT2D eigenvalue weighted by Crippen LogP contribution is -2.44. The van der Waals surface area contributed by atoms with E-state index in [4.69, 9.17) is 0 Å². The van der Waals surface area contributed by atoms with Crippen molar-refractivity contribution >= 4 is 23.4 Å². The summed E-state index contributed by atoms with van der Waals surface area (Å²) < 4.78 is 0. The van der Waals surface area contributed by atoms with Crippen molar-refractivity contribution in [2.75, 3.05) is 11.4 Å². The first-order chi connectivity index (χ1) is 12.1. The number of carbonyl (C=O) groups excluding carboxylic acids is 3. The molecule has 3 amide bonds. The number of pyridine rings is 1. The molecule has 0 bridgehead atoms. The summed E-state index contributed by atoms with van der Waals surface area (Å²) in [5.74, 6) is -1.86. The molecule has 0 fully saturated rings. The van der Waals surface area contributed by atoms with Crippen LogP contribution in [-0.2, 0) is 20.9 Å². The van der Waals surface area contributed by atoms with Gasteiger partial charge in [-0.1, -0.05) is 24.3 Å². The fourth-order valence-electron chi connectivity index (χ4n) is 2.81.